The predicted octanol–water partition coefficient (Wildman–Crippen LogP) is -1.18. The molecule has 0 saturated carbocycles. The third-order valence-electron chi connectivity index (χ3n) is 1.50. The van der Waals surface area contributed by atoms with Gasteiger partial charge in [-0.05, 0) is 0 Å². The predicted molar refractivity (Wildman–Crippen MR) is 38.7 cm³/mol. The van der Waals surface area contributed by atoms with E-state index < -0.39 is 0 Å². The zero-order valence-corrected chi connectivity index (χ0v) is 7.87. The topological polar surface area (TPSA) is 23.8 Å². The molecule has 0 saturated heterocycles. The summed E-state index contributed by atoms with van der Waals surface area (Å²) in [5, 5.41) is 8.65. The molecule has 54 valence electrons. The number of fused-ring (bicyclic) bond motifs is 1. The van der Waals surface area contributed by atoms with Crippen LogP contribution in [-0.4, -0.2) is 0 Å². The number of nitriles is 1. The minimum absolute atomic E-state index is 0.143. The third-order valence-corrected chi connectivity index (χ3v) is 4.20. The van der Waals surface area contributed by atoms with Gasteiger partial charge in [-0.25, -0.2) is 0 Å². The molecule has 0 radical (unpaired) electrons. The molecule has 1 aromatic rings. The van der Waals surface area contributed by atoms with Crippen LogP contribution in [0, 0.1) is 14.9 Å². The fourth-order valence-electron chi connectivity index (χ4n) is 1.01. The van der Waals surface area contributed by atoms with Gasteiger partial charge in [0.1, 0.15) is 0 Å². The summed E-state index contributed by atoms with van der Waals surface area (Å²) in [6.45, 7) is 0. The fourth-order valence-corrected chi connectivity index (χ4v) is 3.28. The summed E-state index contributed by atoms with van der Waals surface area (Å²) in [6.07, 6.45) is 2.00. The second-order valence-corrected chi connectivity index (χ2v) is 5.08. The van der Waals surface area contributed by atoms with E-state index in [-0.39, 0.29) is 21.2 Å². The molecule has 0 amide bonds. The van der Waals surface area contributed by atoms with E-state index in [0.29, 0.717) is 0 Å². The average molecular weight is 254 g/mol. The standard InChI is InChI=1S/C9H5IN/c11-6-8-5-7-3-1-2-4-9(7)10-8/h1-5H/q-1. The first-order chi connectivity index (χ1) is 5.40. The molecule has 1 aliphatic heterocycles. The summed E-state index contributed by atoms with van der Waals surface area (Å²) in [5.41, 5.74) is 1.25. The number of nitrogens with zero attached hydrogens (tertiary/aromatic N) is 1. The van der Waals surface area contributed by atoms with Crippen molar-refractivity contribution in [2.45, 2.75) is 0 Å². The van der Waals surface area contributed by atoms with Crippen molar-refractivity contribution in [2.75, 3.05) is 0 Å². The van der Waals surface area contributed by atoms with Gasteiger partial charge in [0, 0.05) is 0 Å². The van der Waals surface area contributed by atoms with Gasteiger partial charge in [0.2, 0.25) is 0 Å². The summed E-state index contributed by atoms with van der Waals surface area (Å²) < 4.78 is 2.35. The number of halogens is 1. The van der Waals surface area contributed by atoms with E-state index in [0.717, 1.165) is 3.58 Å². The molecule has 1 aromatic carbocycles. The van der Waals surface area contributed by atoms with Crippen LogP contribution in [0.3, 0.4) is 0 Å². The zero-order chi connectivity index (χ0) is 7.68. The van der Waals surface area contributed by atoms with Crippen LogP contribution in [0.1, 0.15) is 5.56 Å². The Labute approximate surface area is 75.6 Å². The van der Waals surface area contributed by atoms with Crippen LogP contribution in [0.15, 0.2) is 27.8 Å². The molecule has 1 aliphatic rings. The van der Waals surface area contributed by atoms with Gasteiger partial charge < -0.3 is 0 Å². The molecule has 2 heteroatoms. The van der Waals surface area contributed by atoms with Gasteiger partial charge in [0.05, 0.1) is 0 Å². The summed E-state index contributed by atoms with van der Waals surface area (Å²) in [4.78, 5) is 0. The monoisotopic (exact) mass is 254 g/mol. The molecule has 0 fully saturated rings. The molecule has 2 rings (SSSR count). The van der Waals surface area contributed by atoms with Gasteiger partial charge in [-0.3, -0.25) is 0 Å². The Morgan fingerprint density at radius 1 is 1.27 bits per heavy atom. The molecule has 11 heavy (non-hydrogen) atoms. The second kappa shape index (κ2) is 2.67. The maximum absolute atomic E-state index is 8.65. The number of hydrogen-bond donors (Lipinski definition) is 0. The van der Waals surface area contributed by atoms with Crippen LogP contribution in [0.4, 0.5) is 0 Å². The molecule has 0 atom stereocenters. The Morgan fingerprint density at radius 3 is 2.82 bits per heavy atom. The first-order valence-electron chi connectivity index (χ1n) is 3.26. The van der Waals surface area contributed by atoms with Crippen molar-refractivity contribution in [2.24, 2.45) is 0 Å². The van der Waals surface area contributed by atoms with E-state index in [1.54, 1.807) is 0 Å². The van der Waals surface area contributed by atoms with Crippen LogP contribution in [-0.2, 0) is 0 Å². The first kappa shape index (κ1) is 6.86. The molecule has 0 aliphatic carbocycles. The van der Waals surface area contributed by atoms with E-state index in [1.807, 2.05) is 18.2 Å². The van der Waals surface area contributed by atoms with Gasteiger partial charge in [-0.1, -0.05) is 0 Å². The molecule has 0 bridgehead atoms. The molecule has 1 heterocycles. The molecular formula is C9H5IN-. The van der Waals surface area contributed by atoms with Crippen molar-refractivity contribution >= 4 is 6.08 Å². The van der Waals surface area contributed by atoms with Crippen molar-refractivity contribution in [3.05, 3.63) is 37.0 Å². The first-order valence-corrected chi connectivity index (χ1v) is 5.41. The Kier molecular flexibility index (Phi) is 1.66. The normalized spacial score (nSPS) is 14.3. The van der Waals surface area contributed by atoms with Crippen LogP contribution in [0.5, 0.6) is 0 Å². The van der Waals surface area contributed by atoms with Gasteiger partial charge >= 0.3 is 75.6 Å². The van der Waals surface area contributed by atoms with Crippen molar-refractivity contribution in [1.82, 2.24) is 0 Å². The van der Waals surface area contributed by atoms with E-state index in [2.05, 4.69) is 18.2 Å². The van der Waals surface area contributed by atoms with E-state index in [1.165, 1.54) is 9.13 Å². The molecule has 0 spiro atoms. The maximum atomic E-state index is 8.65. The van der Waals surface area contributed by atoms with E-state index >= 15 is 0 Å². The third kappa shape index (κ3) is 1.16. The van der Waals surface area contributed by atoms with Crippen LogP contribution in [0.2, 0.25) is 0 Å². The molecular weight excluding hydrogens is 249 g/mol. The van der Waals surface area contributed by atoms with Gasteiger partial charge in [-0.15, -0.1) is 0 Å². The minimum atomic E-state index is -0.143. The Balaban J connectivity index is 2.49. The van der Waals surface area contributed by atoms with E-state index in [4.69, 9.17) is 5.26 Å². The molecule has 0 aromatic heterocycles. The molecule has 0 unspecified atom stereocenters. The van der Waals surface area contributed by atoms with Crippen LogP contribution in [0.25, 0.3) is 6.08 Å². The van der Waals surface area contributed by atoms with Gasteiger partial charge in [-0.2, -0.15) is 0 Å². The summed E-state index contributed by atoms with van der Waals surface area (Å²) in [5.74, 6) is 0. The zero-order valence-electron chi connectivity index (χ0n) is 5.71. The van der Waals surface area contributed by atoms with Gasteiger partial charge in [0.25, 0.3) is 0 Å². The molecule has 1 nitrogen and oxygen atoms in total. The van der Waals surface area contributed by atoms with Crippen molar-refractivity contribution < 1.29 is 21.2 Å². The number of rotatable bonds is 0. The Hall–Kier alpha value is -0.820. The Bertz CT molecular complexity index is 360. The average Bonchev–Trinajstić information content (AvgIpc) is 2.46. The summed E-state index contributed by atoms with van der Waals surface area (Å²) in [6, 6.07) is 10.5. The number of benzene rings is 1. The van der Waals surface area contributed by atoms with Crippen LogP contribution < -0.4 is 21.2 Å². The van der Waals surface area contributed by atoms with Gasteiger partial charge in [0.15, 0.2) is 0 Å². The summed E-state index contributed by atoms with van der Waals surface area (Å²) in [7, 11) is 0. The number of allylic oxidation sites excluding steroid dienone is 1. The number of hydrogen-bond acceptors (Lipinski definition) is 1. The van der Waals surface area contributed by atoms with Crippen molar-refractivity contribution in [3.63, 3.8) is 0 Å². The van der Waals surface area contributed by atoms with Crippen LogP contribution >= 0.6 is 0 Å². The fraction of sp³-hybridized carbons (Fsp3) is 0. The van der Waals surface area contributed by atoms with E-state index in [9.17, 15) is 0 Å². The quantitative estimate of drug-likeness (QED) is 0.535. The summed E-state index contributed by atoms with van der Waals surface area (Å²) >= 11 is -0.143. The van der Waals surface area contributed by atoms with Crippen molar-refractivity contribution in [3.8, 4) is 6.07 Å². The van der Waals surface area contributed by atoms with Crippen molar-refractivity contribution in [1.29, 1.82) is 5.26 Å². The SMILES string of the molecule is N#CC1=Cc2ccccc2[I-]1. The molecule has 0 N–H and O–H groups in total. The second-order valence-electron chi connectivity index (χ2n) is 2.22. The Morgan fingerprint density at radius 2 is 2.09 bits per heavy atom.